The van der Waals surface area contributed by atoms with Crippen LogP contribution in [0.3, 0.4) is 0 Å². The number of hydrogen-bond donors (Lipinski definition) is 2. The zero-order chi connectivity index (χ0) is 16.8. The number of aliphatic carboxylic acids is 1. The molecule has 3 N–H and O–H groups in total. The maximum absolute atomic E-state index is 12.7. The van der Waals surface area contributed by atoms with Crippen molar-refractivity contribution in [1.29, 1.82) is 0 Å². The van der Waals surface area contributed by atoms with E-state index in [0.29, 0.717) is 6.42 Å². The molecular weight excluding hydrogens is 324 g/mol. The van der Waals surface area contributed by atoms with E-state index in [-0.39, 0.29) is 17.7 Å². The number of nitrogens with two attached hydrogens (primary N) is 1. The lowest BCUT2D eigenvalue weighted by Crippen LogP contribution is -2.46. The molecule has 0 radical (unpaired) electrons. The Bertz CT molecular complexity index is 740. The molecule has 2 heterocycles. The van der Waals surface area contributed by atoms with Gasteiger partial charge in [-0.25, -0.2) is 18.4 Å². The van der Waals surface area contributed by atoms with Crippen LogP contribution in [0, 0.1) is 5.92 Å². The molecule has 0 bridgehead atoms. The lowest BCUT2D eigenvalue weighted by atomic mass is 9.84. The van der Waals surface area contributed by atoms with E-state index in [9.17, 15) is 23.1 Å². The molecule has 0 spiro atoms. The second kappa shape index (κ2) is 5.64. The number of carboxylic acids is 1. The molecule has 1 saturated carbocycles. The minimum absolute atomic E-state index is 0.139. The third-order valence-corrected chi connectivity index (χ3v) is 5.46. The number of nitrogens with zero attached hydrogens (tertiary/aromatic N) is 1. The highest BCUT2D eigenvalue weighted by Crippen LogP contribution is 2.40. The molecule has 2 fully saturated rings. The lowest BCUT2D eigenvalue weighted by molar-refractivity contribution is -0.141. The molecule has 0 aromatic carbocycles. The number of carbonyl (C=O) groups is 2. The third-order valence-electron chi connectivity index (χ3n) is 4.68. The fourth-order valence-electron chi connectivity index (χ4n) is 3.69. The van der Waals surface area contributed by atoms with Crippen LogP contribution < -0.4 is 5.14 Å². The number of likely N-dealkylation sites (tertiary alicyclic amines) is 1. The van der Waals surface area contributed by atoms with E-state index in [2.05, 4.69) is 0 Å². The SMILES string of the molecule is NS(=O)(=O)c1ccc(C(=O)N2C(C(=O)O)CC3CCCCC32)o1. The molecule has 1 amide bonds. The number of amides is 1. The molecule has 1 saturated heterocycles. The first-order valence-corrected chi connectivity index (χ1v) is 9.02. The fraction of sp³-hybridized carbons (Fsp3) is 0.571. The number of furan rings is 1. The number of rotatable bonds is 3. The van der Waals surface area contributed by atoms with Gasteiger partial charge in [-0.05, 0) is 37.3 Å². The summed E-state index contributed by atoms with van der Waals surface area (Å²) >= 11 is 0. The van der Waals surface area contributed by atoms with Crippen molar-refractivity contribution in [1.82, 2.24) is 4.90 Å². The van der Waals surface area contributed by atoms with E-state index in [0.717, 1.165) is 31.7 Å². The maximum atomic E-state index is 12.7. The lowest BCUT2D eigenvalue weighted by Gasteiger charge is -2.32. The average Bonchev–Trinajstić information content (AvgIpc) is 3.11. The number of fused-ring (bicyclic) bond motifs is 1. The van der Waals surface area contributed by atoms with Crippen LogP contribution in [0.2, 0.25) is 0 Å². The summed E-state index contributed by atoms with van der Waals surface area (Å²) in [5.41, 5.74) is 0. The second-order valence-electron chi connectivity index (χ2n) is 6.08. The number of carboxylic acid groups (broad SMARTS) is 1. The van der Waals surface area contributed by atoms with Gasteiger partial charge in [-0.2, -0.15) is 0 Å². The van der Waals surface area contributed by atoms with Gasteiger partial charge < -0.3 is 14.4 Å². The molecular formula is C14H18N2O6S. The van der Waals surface area contributed by atoms with Gasteiger partial charge in [0.1, 0.15) is 6.04 Å². The monoisotopic (exact) mass is 342 g/mol. The normalized spacial score (nSPS) is 27.7. The van der Waals surface area contributed by atoms with Gasteiger partial charge in [0, 0.05) is 6.04 Å². The number of sulfonamides is 1. The quantitative estimate of drug-likeness (QED) is 0.834. The Labute approximate surface area is 133 Å². The Balaban J connectivity index is 1.92. The molecule has 8 nitrogen and oxygen atoms in total. The van der Waals surface area contributed by atoms with Crippen LogP contribution in [0.25, 0.3) is 0 Å². The molecule has 126 valence electrons. The number of hydrogen-bond acceptors (Lipinski definition) is 5. The van der Waals surface area contributed by atoms with Crippen LogP contribution in [0.15, 0.2) is 21.6 Å². The highest BCUT2D eigenvalue weighted by molar-refractivity contribution is 7.89. The van der Waals surface area contributed by atoms with Crippen molar-refractivity contribution in [2.75, 3.05) is 0 Å². The summed E-state index contributed by atoms with van der Waals surface area (Å²) in [4.78, 5) is 25.6. The summed E-state index contributed by atoms with van der Waals surface area (Å²) in [6.45, 7) is 0. The standard InChI is InChI=1S/C14H18N2O6S/c15-23(20,21)12-6-5-11(22-12)13(17)16-9-4-2-1-3-8(9)7-10(16)14(18)19/h5-6,8-10H,1-4,7H2,(H,18,19)(H2,15,20,21). The van der Waals surface area contributed by atoms with Crippen molar-refractivity contribution >= 4 is 21.9 Å². The smallest absolute Gasteiger partial charge is 0.326 e. The van der Waals surface area contributed by atoms with Gasteiger partial charge in [0.05, 0.1) is 0 Å². The summed E-state index contributed by atoms with van der Waals surface area (Å²) in [6, 6.07) is 1.28. The van der Waals surface area contributed by atoms with Gasteiger partial charge in [-0.15, -0.1) is 0 Å². The molecule has 1 aliphatic carbocycles. The van der Waals surface area contributed by atoms with Crippen LogP contribution in [0.5, 0.6) is 0 Å². The van der Waals surface area contributed by atoms with Gasteiger partial charge in [0.15, 0.2) is 5.76 Å². The van der Waals surface area contributed by atoms with E-state index in [1.165, 1.54) is 11.0 Å². The molecule has 1 aromatic heterocycles. The van der Waals surface area contributed by atoms with E-state index < -0.39 is 33.0 Å². The second-order valence-corrected chi connectivity index (χ2v) is 7.57. The highest BCUT2D eigenvalue weighted by atomic mass is 32.2. The molecule has 3 atom stereocenters. The average molecular weight is 342 g/mol. The minimum atomic E-state index is -4.05. The van der Waals surface area contributed by atoms with Crippen molar-refractivity contribution in [3.05, 3.63) is 17.9 Å². The zero-order valence-electron chi connectivity index (χ0n) is 12.3. The minimum Gasteiger partial charge on any atom is -0.480 e. The van der Waals surface area contributed by atoms with Gasteiger partial charge in [-0.3, -0.25) is 4.79 Å². The topological polar surface area (TPSA) is 131 Å². The van der Waals surface area contributed by atoms with Gasteiger partial charge >= 0.3 is 5.97 Å². The van der Waals surface area contributed by atoms with E-state index in [1.807, 2.05) is 0 Å². The summed E-state index contributed by atoms with van der Waals surface area (Å²) in [5.74, 6) is -1.68. The summed E-state index contributed by atoms with van der Waals surface area (Å²) in [5, 5.41) is 13.9. The molecule has 3 rings (SSSR count). The van der Waals surface area contributed by atoms with Gasteiger partial charge in [0.25, 0.3) is 15.9 Å². The molecule has 1 aromatic rings. The van der Waals surface area contributed by atoms with Crippen molar-refractivity contribution < 1.29 is 27.5 Å². The largest absolute Gasteiger partial charge is 0.480 e. The first-order chi connectivity index (χ1) is 10.8. The first kappa shape index (κ1) is 16.0. The molecule has 9 heteroatoms. The predicted molar refractivity (Wildman–Crippen MR) is 78.0 cm³/mol. The number of carbonyl (C=O) groups excluding carboxylic acids is 1. The van der Waals surface area contributed by atoms with Crippen molar-refractivity contribution in [2.24, 2.45) is 11.1 Å². The maximum Gasteiger partial charge on any atom is 0.326 e. The Hall–Kier alpha value is -1.87. The molecule has 23 heavy (non-hydrogen) atoms. The van der Waals surface area contributed by atoms with E-state index >= 15 is 0 Å². The fourth-order valence-corrected chi connectivity index (χ4v) is 4.15. The molecule has 1 aliphatic heterocycles. The van der Waals surface area contributed by atoms with Crippen LogP contribution in [0.4, 0.5) is 0 Å². The van der Waals surface area contributed by atoms with Crippen molar-refractivity contribution in [3.63, 3.8) is 0 Å². The zero-order valence-corrected chi connectivity index (χ0v) is 13.2. The van der Waals surface area contributed by atoms with Crippen molar-refractivity contribution in [3.8, 4) is 0 Å². The summed E-state index contributed by atoms with van der Waals surface area (Å²) < 4.78 is 27.5. The Morgan fingerprint density at radius 3 is 2.57 bits per heavy atom. The van der Waals surface area contributed by atoms with Gasteiger partial charge in [-0.1, -0.05) is 12.8 Å². The molecule has 2 aliphatic rings. The van der Waals surface area contributed by atoms with Gasteiger partial charge in [0.2, 0.25) is 5.09 Å². The Morgan fingerprint density at radius 1 is 1.26 bits per heavy atom. The van der Waals surface area contributed by atoms with Crippen LogP contribution >= 0.6 is 0 Å². The molecule has 3 unspecified atom stereocenters. The van der Waals surface area contributed by atoms with Crippen LogP contribution in [-0.4, -0.2) is 42.4 Å². The summed E-state index contributed by atoms with van der Waals surface area (Å²) in [6.07, 6.45) is 4.06. The van der Waals surface area contributed by atoms with E-state index in [1.54, 1.807) is 0 Å². The Kier molecular flexibility index (Phi) is 3.93. The Morgan fingerprint density at radius 2 is 1.96 bits per heavy atom. The van der Waals surface area contributed by atoms with Crippen LogP contribution in [-0.2, 0) is 14.8 Å². The summed E-state index contributed by atoms with van der Waals surface area (Å²) in [7, 11) is -4.05. The van der Waals surface area contributed by atoms with E-state index in [4.69, 9.17) is 9.56 Å². The van der Waals surface area contributed by atoms with Crippen molar-refractivity contribution in [2.45, 2.75) is 49.3 Å². The third kappa shape index (κ3) is 2.86. The predicted octanol–water partition coefficient (Wildman–Crippen LogP) is 0.785. The first-order valence-electron chi connectivity index (χ1n) is 7.47. The number of primary sulfonamides is 1. The van der Waals surface area contributed by atoms with Crippen LogP contribution in [0.1, 0.15) is 42.7 Å². The highest BCUT2D eigenvalue weighted by Gasteiger charge is 2.48.